The second-order valence-electron chi connectivity index (χ2n) is 14.4. The van der Waals surface area contributed by atoms with Crippen LogP contribution in [0.4, 0.5) is 0 Å². The normalized spacial score (nSPS) is 14.0. The lowest BCUT2D eigenvalue weighted by Gasteiger charge is -2.35. The Bertz CT molecular complexity index is 1200. The fraction of sp³-hybridized carbons (Fsp3) is 0.757. The maximum Gasteiger partial charge on any atom is 0.306 e. The largest absolute Gasteiger partial charge is 0.493 e. The maximum atomic E-state index is 13.5. The number of esters is 1. The fourth-order valence-corrected chi connectivity index (χ4v) is 5.78. The van der Waals surface area contributed by atoms with Crippen molar-refractivity contribution >= 4 is 17.8 Å². The van der Waals surface area contributed by atoms with Crippen LogP contribution < -0.4 is 20.1 Å². The van der Waals surface area contributed by atoms with Gasteiger partial charge in [0.25, 0.3) is 0 Å². The third kappa shape index (κ3) is 21.1. The van der Waals surface area contributed by atoms with Gasteiger partial charge in [0.1, 0.15) is 6.10 Å². The molecule has 17 heteroatoms. The quantitative estimate of drug-likeness (QED) is 0.0354. The van der Waals surface area contributed by atoms with E-state index in [-0.39, 0.29) is 80.8 Å². The number of benzene rings is 1. The molecule has 17 nitrogen and oxygen atoms in total. The molecule has 1 rings (SSSR count). The number of nitrogens with zero attached hydrogens (tertiary/aromatic N) is 2. The number of nitrogens with one attached hydrogen (secondary N) is 2. The summed E-state index contributed by atoms with van der Waals surface area (Å²) in [5, 5.41) is 40.7. The molecule has 0 aliphatic rings. The summed E-state index contributed by atoms with van der Waals surface area (Å²) in [7, 11) is 3.21. The van der Waals surface area contributed by atoms with Crippen molar-refractivity contribution in [2.24, 2.45) is 29.6 Å². The zero-order valence-corrected chi connectivity index (χ0v) is 33.3. The van der Waals surface area contributed by atoms with Crippen molar-refractivity contribution in [2.45, 2.75) is 105 Å². The van der Waals surface area contributed by atoms with Crippen LogP contribution in [0.1, 0.15) is 92.1 Å². The lowest BCUT2D eigenvalue weighted by atomic mass is 9.80. The minimum atomic E-state index is -0.926. The van der Waals surface area contributed by atoms with Crippen LogP contribution in [0, 0.1) is 29.6 Å². The van der Waals surface area contributed by atoms with Gasteiger partial charge in [-0.1, -0.05) is 47.6 Å². The molecule has 6 N–H and O–H groups in total. The number of carbonyl (C=O) groups is 3. The van der Waals surface area contributed by atoms with Gasteiger partial charge in [-0.25, -0.2) is 0 Å². The van der Waals surface area contributed by atoms with Crippen LogP contribution in [0.3, 0.4) is 0 Å². The predicted molar refractivity (Wildman–Crippen MR) is 195 cm³/mol. The first-order chi connectivity index (χ1) is 25.6. The summed E-state index contributed by atoms with van der Waals surface area (Å²) in [5.41, 5.74) is 0.972. The summed E-state index contributed by atoms with van der Waals surface area (Å²) < 4.78 is 22.8. The molecule has 312 valence electrons. The Labute approximate surface area is 319 Å². The Balaban J connectivity index is 3.54. The molecule has 0 aliphatic heterocycles. The Morgan fingerprint density at radius 1 is 0.778 bits per heavy atom. The van der Waals surface area contributed by atoms with Crippen molar-refractivity contribution in [3.05, 3.63) is 23.8 Å². The van der Waals surface area contributed by atoms with Crippen LogP contribution in [0.5, 0.6) is 11.5 Å². The highest BCUT2D eigenvalue weighted by molar-refractivity contribution is 5.79. The molecule has 4 atom stereocenters. The Hall–Kier alpha value is -3.13. The van der Waals surface area contributed by atoms with Crippen LogP contribution in [-0.4, -0.2) is 109 Å². The Morgan fingerprint density at radius 2 is 1.43 bits per heavy atom. The number of carbonyl (C=O) groups excluding carboxylic acids is 3. The predicted octanol–water partition coefficient (Wildman–Crippen LogP) is 4.73. The van der Waals surface area contributed by atoms with Crippen LogP contribution in [0.2, 0.25) is 0 Å². The molecule has 2 amide bonds. The highest BCUT2D eigenvalue weighted by atomic mass is 17.1. The number of hydrogen-bond acceptors (Lipinski definition) is 15. The van der Waals surface area contributed by atoms with Crippen molar-refractivity contribution in [1.29, 1.82) is 0 Å². The van der Waals surface area contributed by atoms with Gasteiger partial charge in [0.2, 0.25) is 11.8 Å². The molecule has 1 aromatic carbocycles. The van der Waals surface area contributed by atoms with Crippen molar-refractivity contribution in [3.8, 4) is 11.5 Å². The molecule has 0 saturated carbocycles. The smallest absolute Gasteiger partial charge is 0.306 e. The molecule has 0 saturated heterocycles. The number of methoxy groups -OCH3 is 2. The topological polar surface area (TPSA) is 218 Å². The second kappa shape index (κ2) is 27.5. The van der Waals surface area contributed by atoms with Gasteiger partial charge >= 0.3 is 5.97 Å². The first-order valence-electron chi connectivity index (χ1n) is 18.7. The maximum absolute atomic E-state index is 13.5. The van der Waals surface area contributed by atoms with E-state index in [0.717, 1.165) is 5.56 Å². The lowest BCUT2D eigenvalue weighted by Crippen LogP contribution is -2.49. The molecule has 1 aromatic rings. The lowest BCUT2D eigenvalue weighted by molar-refractivity contribution is -0.492. The molecule has 0 bridgehead atoms. The third-order valence-electron chi connectivity index (χ3n) is 8.85. The molecule has 0 radical (unpaired) electrons. The van der Waals surface area contributed by atoms with E-state index >= 15 is 0 Å². The van der Waals surface area contributed by atoms with E-state index in [0.29, 0.717) is 50.5 Å². The first-order valence-corrected chi connectivity index (χ1v) is 18.7. The van der Waals surface area contributed by atoms with Gasteiger partial charge in [-0.3, -0.25) is 44.9 Å². The summed E-state index contributed by atoms with van der Waals surface area (Å²) in [6.45, 7) is 13.1. The number of ether oxygens (including phenoxy) is 4. The van der Waals surface area contributed by atoms with Gasteiger partial charge in [-0.15, -0.1) is 0 Å². The van der Waals surface area contributed by atoms with Crippen molar-refractivity contribution in [1.82, 2.24) is 21.4 Å². The number of hydrogen-bond donors (Lipinski definition) is 6. The third-order valence-corrected chi connectivity index (χ3v) is 8.85. The fourth-order valence-electron chi connectivity index (χ4n) is 5.78. The molecule has 0 fully saturated rings. The zero-order chi connectivity index (χ0) is 40.6. The molecule has 0 aromatic heterocycles. The van der Waals surface area contributed by atoms with E-state index < -0.39 is 34.8 Å². The summed E-state index contributed by atoms with van der Waals surface area (Å²) in [6, 6.07) is 5.02. The molecule has 54 heavy (non-hydrogen) atoms. The highest BCUT2D eigenvalue weighted by Gasteiger charge is 2.35. The minimum Gasteiger partial charge on any atom is -0.493 e. The summed E-state index contributed by atoms with van der Waals surface area (Å²) >= 11 is 0. The molecular weight excluding hydrogens is 708 g/mol. The second-order valence-corrected chi connectivity index (χ2v) is 14.4. The van der Waals surface area contributed by atoms with Gasteiger partial charge in [0, 0.05) is 45.4 Å². The van der Waals surface area contributed by atoms with Gasteiger partial charge in [0.05, 0.1) is 43.8 Å². The van der Waals surface area contributed by atoms with E-state index in [4.69, 9.17) is 39.8 Å². The van der Waals surface area contributed by atoms with E-state index in [1.807, 2.05) is 45.9 Å². The van der Waals surface area contributed by atoms with Crippen LogP contribution in [-0.2, 0) is 40.0 Å². The van der Waals surface area contributed by atoms with Crippen LogP contribution in [0.25, 0.3) is 0 Å². The molecule has 0 spiro atoms. The molecular formula is C37H66N4O13. The SMILES string of the molecule is COCCCOc1cc(CC(CC(NC(=O)CCCON(O)O)C(CC(C(=O)NCC(C)C)C(C)C)OC(=O)CCCON(O)O)C(C)C)ccc1OC. The summed E-state index contributed by atoms with van der Waals surface area (Å²) in [4.78, 5) is 49.5. The van der Waals surface area contributed by atoms with E-state index in [9.17, 15) is 14.4 Å². The van der Waals surface area contributed by atoms with Gasteiger partial charge < -0.3 is 29.6 Å². The monoisotopic (exact) mass is 774 g/mol. The van der Waals surface area contributed by atoms with Crippen molar-refractivity contribution in [3.63, 3.8) is 0 Å². The number of rotatable bonds is 30. The first kappa shape index (κ1) is 48.9. The zero-order valence-electron chi connectivity index (χ0n) is 33.3. The van der Waals surface area contributed by atoms with E-state index in [2.05, 4.69) is 34.2 Å². The van der Waals surface area contributed by atoms with Crippen LogP contribution in [0.15, 0.2) is 18.2 Å². The highest BCUT2D eigenvalue weighted by Crippen LogP contribution is 2.33. The molecule has 0 heterocycles. The Kier molecular flexibility index (Phi) is 24.9. The van der Waals surface area contributed by atoms with E-state index in [1.165, 1.54) is 0 Å². The summed E-state index contributed by atoms with van der Waals surface area (Å²) in [6.07, 6.45) is 0.965. The minimum absolute atomic E-state index is 0.0295. The number of amides is 2. The molecule has 4 unspecified atom stereocenters. The van der Waals surface area contributed by atoms with Crippen molar-refractivity contribution in [2.75, 3.05) is 47.2 Å². The van der Waals surface area contributed by atoms with Crippen LogP contribution >= 0.6 is 0 Å². The molecule has 0 aliphatic carbocycles. The van der Waals surface area contributed by atoms with E-state index in [1.54, 1.807) is 14.2 Å². The van der Waals surface area contributed by atoms with Gasteiger partial charge in [-0.2, -0.15) is 0 Å². The van der Waals surface area contributed by atoms with Gasteiger partial charge in [0.15, 0.2) is 11.5 Å². The summed E-state index contributed by atoms with van der Waals surface area (Å²) in [5.74, 6) is -0.411. The average molecular weight is 775 g/mol. The Morgan fingerprint density at radius 3 is 1.98 bits per heavy atom. The van der Waals surface area contributed by atoms with Crippen molar-refractivity contribution < 1.29 is 63.8 Å². The average Bonchev–Trinajstić information content (AvgIpc) is 3.10. The van der Waals surface area contributed by atoms with Gasteiger partial charge in [-0.05, 0) is 73.5 Å². The standard InChI is InChI=1S/C37H66N4O13/c1-25(2)24-38-37(44)30(27(5)6)23-33(54-36(43)13-10-19-53-41(47)48)31(39-35(42)12-9-18-52-40(45)46)22-29(26(3)4)20-28-14-15-32(50-8)34(21-28)51-17-11-16-49-7/h14-15,21,25-27,29-31,33,45-48H,9-13,16-20,22-24H2,1-8H3,(H,38,44)(H,39,42).